The van der Waals surface area contributed by atoms with Crippen LogP contribution >= 0.6 is 11.8 Å². The van der Waals surface area contributed by atoms with E-state index < -0.39 is 0 Å². The molecule has 0 aliphatic rings. The molecule has 0 atom stereocenters. The van der Waals surface area contributed by atoms with E-state index in [1.165, 1.54) is 11.8 Å². The first-order chi connectivity index (χ1) is 10.6. The van der Waals surface area contributed by atoms with Crippen molar-refractivity contribution >= 4 is 29.0 Å². The summed E-state index contributed by atoms with van der Waals surface area (Å²) in [6, 6.07) is 5.35. The van der Waals surface area contributed by atoms with Crippen LogP contribution < -0.4 is 14.8 Å². The average molecular weight is 318 g/mol. The summed E-state index contributed by atoms with van der Waals surface area (Å²) in [6.45, 7) is 1.72. The predicted molar refractivity (Wildman–Crippen MR) is 89.1 cm³/mol. The van der Waals surface area contributed by atoms with Gasteiger partial charge in [0.05, 0.1) is 19.9 Å². The molecular formula is C15H18N4O2S. The molecule has 7 heteroatoms. The first-order valence-electron chi connectivity index (χ1n) is 6.54. The fourth-order valence-electron chi connectivity index (χ4n) is 1.94. The molecule has 2 N–H and O–H groups in total. The van der Waals surface area contributed by atoms with Gasteiger partial charge in [-0.1, -0.05) is 11.8 Å². The van der Waals surface area contributed by atoms with Crippen molar-refractivity contribution in [3.8, 4) is 11.5 Å². The van der Waals surface area contributed by atoms with Crippen molar-refractivity contribution in [2.45, 2.75) is 12.1 Å². The smallest absolute Gasteiger partial charge is 0.189 e. The monoisotopic (exact) mass is 318 g/mol. The molecule has 0 unspecified atom stereocenters. The fraction of sp³-hybridized carbons (Fsp3) is 0.267. The Morgan fingerprint density at radius 1 is 1.23 bits per heavy atom. The van der Waals surface area contributed by atoms with Crippen LogP contribution in [0.5, 0.6) is 11.5 Å². The second-order valence-electron chi connectivity index (χ2n) is 4.43. The highest BCUT2D eigenvalue weighted by atomic mass is 32.2. The third kappa shape index (κ3) is 3.48. The second kappa shape index (κ2) is 7.13. The van der Waals surface area contributed by atoms with Crippen LogP contribution in [0.25, 0.3) is 0 Å². The predicted octanol–water partition coefficient (Wildman–Crippen LogP) is 3.35. The first kappa shape index (κ1) is 16.1. The number of nitrogens with zero attached hydrogens (tertiary/aromatic N) is 2. The van der Waals surface area contributed by atoms with Gasteiger partial charge in [-0.25, -0.2) is 9.97 Å². The lowest BCUT2D eigenvalue weighted by molar-refractivity contribution is 0.355. The van der Waals surface area contributed by atoms with Crippen LogP contribution in [0.4, 0.5) is 11.5 Å². The molecule has 0 saturated heterocycles. The molecule has 2 rings (SSSR count). The Labute approximate surface area is 133 Å². The summed E-state index contributed by atoms with van der Waals surface area (Å²) in [6.07, 6.45) is 3.61. The third-order valence-electron chi connectivity index (χ3n) is 3.01. The maximum Gasteiger partial charge on any atom is 0.189 e. The van der Waals surface area contributed by atoms with Gasteiger partial charge in [-0.3, -0.25) is 0 Å². The number of thioether (sulfide) groups is 1. The third-order valence-corrected chi connectivity index (χ3v) is 3.57. The Bertz CT molecular complexity index is 691. The van der Waals surface area contributed by atoms with Crippen molar-refractivity contribution in [1.82, 2.24) is 9.97 Å². The van der Waals surface area contributed by atoms with Crippen LogP contribution in [-0.2, 0) is 0 Å². The summed E-state index contributed by atoms with van der Waals surface area (Å²) in [5, 5.41) is 11.8. The number of ether oxygens (including phenoxy) is 2. The van der Waals surface area contributed by atoms with Gasteiger partial charge in [0.15, 0.2) is 16.7 Å². The quantitative estimate of drug-likeness (QED) is 0.483. The van der Waals surface area contributed by atoms with Crippen LogP contribution in [0.2, 0.25) is 0 Å². The molecule has 0 amide bonds. The Morgan fingerprint density at radius 2 is 1.91 bits per heavy atom. The Morgan fingerprint density at radius 3 is 2.50 bits per heavy atom. The van der Waals surface area contributed by atoms with E-state index in [9.17, 15) is 0 Å². The zero-order chi connectivity index (χ0) is 16.1. The number of aromatic nitrogens is 2. The minimum atomic E-state index is 0.419. The Kier molecular flexibility index (Phi) is 5.21. The number of benzene rings is 1. The van der Waals surface area contributed by atoms with E-state index in [1.807, 2.05) is 6.26 Å². The van der Waals surface area contributed by atoms with E-state index in [-0.39, 0.29) is 0 Å². The number of nitrogens with one attached hydrogen (secondary N) is 2. The Balaban J connectivity index is 2.46. The van der Waals surface area contributed by atoms with Crippen LogP contribution in [0, 0.1) is 5.41 Å². The molecule has 0 bridgehead atoms. The largest absolute Gasteiger partial charge is 0.493 e. The summed E-state index contributed by atoms with van der Waals surface area (Å²) in [5.41, 5.74) is 1.88. The molecule has 116 valence electrons. The molecule has 0 fully saturated rings. The number of hydrogen-bond acceptors (Lipinski definition) is 7. The maximum atomic E-state index is 7.95. The van der Waals surface area contributed by atoms with Gasteiger partial charge in [-0.15, -0.1) is 0 Å². The topological polar surface area (TPSA) is 80.1 Å². The lowest BCUT2D eigenvalue weighted by Crippen LogP contribution is -2.04. The summed E-state index contributed by atoms with van der Waals surface area (Å²) >= 11 is 1.47. The number of anilines is 2. The summed E-state index contributed by atoms with van der Waals surface area (Å²) < 4.78 is 10.6. The van der Waals surface area contributed by atoms with Gasteiger partial charge >= 0.3 is 0 Å². The first-order valence-corrected chi connectivity index (χ1v) is 7.77. The number of hydrogen-bond donors (Lipinski definition) is 2. The Hall–Kier alpha value is -2.28. The van der Waals surface area contributed by atoms with E-state index in [0.717, 1.165) is 11.3 Å². The van der Waals surface area contributed by atoms with E-state index >= 15 is 0 Å². The highest BCUT2D eigenvalue weighted by Gasteiger charge is 2.13. The van der Waals surface area contributed by atoms with Gasteiger partial charge < -0.3 is 20.2 Å². The molecule has 0 radical (unpaired) electrons. The molecular weight excluding hydrogens is 300 g/mol. The van der Waals surface area contributed by atoms with Crippen molar-refractivity contribution in [1.29, 1.82) is 5.41 Å². The maximum absolute atomic E-state index is 7.95. The van der Waals surface area contributed by atoms with E-state index in [0.29, 0.717) is 28.2 Å². The van der Waals surface area contributed by atoms with Crippen molar-refractivity contribution in [2.24, 2.45) is 0 Å². The highest BCUT2D eigenvalue weighted by molar-refractivity contribution is 7.98. The number of rotatable bonds is 6. The summed E-state index contributed by atoms with van der Waals surface area (Å²) in [7, 11) is 3.15. The van der Waals surface area contributed by atoms with Crippen LogP contribution in [0.3, 0.4) is 0 Å². The zero-order valence-corrected chi connectivity index (χ0v) is 13.7. The SMILES string of the molecule is COc1cc(Nc2ccnc(SC)n2)c(C(C)=N)cc1OC. The van der Waals surface area contributed by atoms with Gasteiger partial charge in [-0.05, 0) is 25.3 Å². The molecule has 1 aromatic carbocycles. The molecule has 0 aliphatic heterocycles. The van der Waals surface area contributed by atoms with Gasteiger partial charge in [-0.2, -0.15) is 0 Å². The van der Waals surface area contributed by atoms with Crippen LogP contribution in [-0.4, -0.2) is 36.2 Å². The molecule has 0 aliphatic carbocycles. The average Bonchev–Trinajstić information content (AvgIpc) is 2.54. The normalized spacial score (nSPS) is 10.2. The van der Waals surface area contributed by atoms with Crippen LogP contribution in [0.1, 0.15) is 12.5 Å². The molecule has 0 spiro atoms. The van der Waals surface area contributed by atoms with Gasteiger partial charge in [0, 0.05) is 23.5 Å². The van der Waals surface area contributed by atoms with Crippen molar-refractivity contribution in [3.63, 3.8) is 0 Å². The molecule has 1 aromatic heterocycles. The lowest BCUT2D eigenvalue weighted by atomic mass is 10.1. The number of methoxy groups -OCH3 is 2. The summed E-state index contributed by atoms with van der Waals surface area (Å²) in [4.78, 5) is 8.53. The van der Waals surface area contributed by atoms with Gasteiger partial charge in [0.2, 0.25) is 0 Å². The fourth-order valence-corrected chi connectivity index (χ4v) is 2.30. The second-order valence-corrected chi connectivity index (χ2v) is 5.20. The summed E-state index contributed by atoms with van der Waals surface area (Å²) in [5.74, 6) is 1.84. The molecule has 22 heavy (non-hydrogen) atoms. The van der Waals surface area contributed by atoms with Gasteiger partial charge in [0.1, 0.15) is 5.82 Å². The van der Waals surface area contributed by atoms with Gasteiger partial charge in [0.25, 0.3) is 0 Å². The molecule has 1 heterocycles. The highest BCUT2D eigenvalue weighted by Crippen LogP contribution is 2.34. The lowest BCUT2D eigenvalue weighted by Gasteiger charge is -2.15. The van der Waals surface area contributed by atoms with E-state index in [4.69, 9.17) is 14.9 Å². The van der Waals surface area contributed by atoms with Crippen molar-refractivity contribution in [3.05, 3.63) is 30.0 Å². The van der Waals surface area contributed by atoms with E-state index in [2.05, 4.69) is 15.3 Å². The minimum absolute atomic E-state index is 0.419. The molecule has 2 aromatic rings. The zero-order valence-electron chi connectivity index (χ0n) is 12.9. The standard InChI is InChI=1S/C15H18N4O2S/c1-9(16)10-7-12(20-2)13(21-3)8-11(10)18-14-5-6-17-15(19-14)22-4/h5-8,16H,1-4H3,(H,17,18,19). The van der Waals surface area contributed by atoms with E-state index in [1.54, 1.807) is 45.5 Å². The van der Waals surface area contributed by atoms with Crippen LogP contribution in [0.15, 0.2) is 29.6 Å². The molecule has 0 saturated carbocycles. The molecule has 6 nitrogen and oxygen atoms in total. The minimum Gasteiger partial charge on any atom is -0.493 e. The van der Waals surface area contributed by atoms with Crippen molar-refractivity contribution in [2.75, 3.05) is 25.8 Å². The van der Waals surface area contributed by atoms with Crippen molar-refractivity contribution < 1.29 is 9.47 Å².